The molecular formula is C26H23ClN2O4S. The van der Waals surface area contributed by atoms with E-state index in [1.165, 1.54) is 12.1 Å². The predicted molar refractivity (Wildman–Crippen MR) is 132 cm³/mol. The Morgan fingerprint density at radius 2 is 1.74 bits per heavy atom. The molecule has 1 heterocycles. The molecule has 5 rings (SSSR count). The second-order valence-electron chi connectivity index (χ2n) is 8.61. The average Bonchev–Trinajstić information content (AvgIpc) is 3.65. The molecule has 1 unspecified atom stereocenters. The number of aliphatic imine (C=N–C) groups is 1. The van der Waals surface area contributed by atoms with Crippen LogP contribution in [-0.2, 0) is 19.1 Å². The van der Waals surface area contributed by atoms with Crippen molar-refractivity contribution in [3.05, 3.63) is 94.5 Å². The van der Waals surface area contributed by atoms with Crippen LogP contribution in [0.2, 0.25) is 5.02 Å². The van der Waals surface area contributed by atoms with E-state index in [-0.39, 0.29) is 4.90 Å². The van der Waals surface area contributed by atoms with Gasteiger partial charge < -0.3 is 4.90 Å². The normalized spacial score (nSPS) is 18.3. The predicted octanol–water partition coefficient (Wildman–Crippen LogP) is 4.97. The van der Waals surface area contributed by atoms with Crippen molar-refractivity contribution in [1.82, 2.24) is 0 Å². The summed E-state index contributed by atoms with van der Waals surface area (Å²) in [5, 5.41) is 0.493. The van der Waals surface area contributed by atoms with Gasteiger partial charge in [0, 0.05) is 22.7 Å². The van der Waals surface area contributed by atoms with Crippen molar-refractivity contribution >= 4 is 39.0 Å². The third kappa shape index (κ3) is 4.64. The minimum atomic E-state index is -4.24. The molecule has 6 nitrogen and oxygen atoms in total. The van der Waals surface area contributed by atoms with Crippen molar-refractivity contribution in [3.63, 3.8) is 0 Å². The summed E-state index contributed by atoms with van der Waals surface area (Å²) < 4.78 is 31.7. The van der Waals surface area contributed by atoms with Crippen LogP contribution in [-0.4, -0.2) is 32.8 Å². The standard InChI is InChI=1S/C26H23ClN2O4S/c1-17-7-12-21(13-8-17)34(31,32)33-25-26(30)29(16-18-9-10-18)23-14-11-20(27)15-22(23)24(28-25)19-5-3-2-4-6-19/h2-8,11-15,18,25H,9-10,16H2,1H3. The van der Waals surface area contributed by atoms with Crippen LogP contribution < -0.4 is 4.90 Å². The SMILES string of the molecule is Cc1ccc(S(=O)(=O)OC2N=C(c3ccccc3)c3cc(Cl)ccc3N(CC3CC3)C2=O)cc1. The van der Waals surface area contributed by atoms with Gasteiger partial charge in [0.05, 0.1) is 16.3 Å². The van der Waals surface area contributed by atoms with E-state index < -0.39 is 22.3 Å². The average molecular weight is 495 g/mol. The molecule has 1 aliphatic carbocycles. The third-order valence-electron chi connectivity index (χ3n) is 5.94. The van der Waals surface area contributed by atoms with E-state index in [1.807, 2.05) is 37.3 Å². The molecule has 0 radical (unpaired) electrons. The molecule has 2 aliphatic rings. The van der Waals surface area contributed by atoms with Gasteiger partial charge in [-0.3, -0.25) is 4.79 Å². The highest BCUT2D eigenvalue weighted by Gasteiger charge is 2.38. The van der Waals surface area contributed by atoms with E-state index in [1.54, 1.807) is 35.2 Å². The number of halogens is 1. The summed E-state index contributed by atoms with van der Waals surface area (Å²) in [7, 11) is -4.24. The molecule has 8 heteroatoms. The van der Waals surface area contributed by atoms with Crippen LogP contribution in [0.1, 0.15) is 29.5 Å². The van der Waals surface area contributed by atoms with Crippen LogP contribution in [0.5, 0.6) is 0 Å². The first-order valence-electron chi connectivity index (χ1n) is 11.1. The first kappa shape index (κ1) is 22.8. The monoisotopic (exact) mass is 494 g/mol. The van der Waals surface area contributed by atoms with Crippen molar-refractivity contribution in [1.29, 1.82) is 0 Å². The van der Waals surface area contributed by atoms with Gasteiger partial charge in [-0.2, -0.15) is 8.42 Å². The van der Waals surface area contributed by atoms with Crippen LogP contribution in [0.15, 0.2) is 82.7 Å². The van der Waals surface area contributed by atoms with E-state index in [2.05, 4.69) is 4.99 Å². The lowest BCUT2D eigenvalue weighted by Gasteiger charge is -2.25. The van der Waals surface area contributed by atoms with Crippen LogP contribution >= 0.6 is 11.6 Å². The Morgan fingerprint density at radius 1 is 1.03 bits per heavy atom. The molecule has 0 bridgehead atoms. The lowest BCUT2D eigenvalue weighted by Crippen LogP contribution is -2.41. The number of benzene rings is 3. The van der Waals surface area contributed by atoms with Crippen molar-refractivity contribution < 1.29 is 17.4 Å². The van der Waals surface area contributed by atoms with Crippen LogP contribution in [0.3, 0.4) is 0 Å². The maximum Gasteiger partial charge on any atom is 0.299 e. The largest absolute Gasteiger partial charge is 0.307 e. The Labute approximate surface area is 204 Å². The number of carbonyl (C=O) groups is 1. The number of hydrogen-bond donors (Lipinski definition) is 0. The number of rotatable bonds is 6. The fourth-order valence-corrected chi connectivity index (χ4v) is 5.06. The van der Waals surface area contributed by atoms with Gasteiger partial charge in [0.25, 0.3) is 16.0 Å². The fraction of sp³-hybridized carbons (Fsp3) is 0.231. The summed E-state index contributed by atoms with van der Waals surface area (Å²) in [5.74, 6) is -0.155. The zero-order valence-electron chi connectivity index (χ0n) is 18.5. The lowest BCUT2D eigenvalue weighted by atomic mass is 10.00. The van der Waals surface area contributed by atoms with Crippen molar-refractivity contribution in [2.45, 2.75) is 30.9 Å². The van der Waals surface area contributed by atoms with E-state index in [0.29, 0.717) is 34.4 Å². The van der Waals surface area contributed by atoms with Crippen molar-refractivity contribution in [2.75, 3.05) is 11.4 Å². The first-order chi connectivity index (χ1) is 16.3. The Morgan fingerprint density at radius 3 is 2.41 bits per heavy atom. The van der Waals surface area contributed by atoms with Gasteiger partial charge >= 0.3 is 0 Å². The Kier molecular flexibility index (Phi) is 6.02. The summed E-state index contributed by atoms with van der Waals surface area (Å²) >= 11 is 6.33. The number of amides is 1. The molecule has 1 amide bonds. The maximum absolute atomic E-state index is 13.7. The lowest BCUT2D eigenvalue weighted by molar-refractivity contribution is -0.124. The number of carbonyl (C=O) groups excluding carboxylic acids is 1. The van der Waals surface area contributed by atoms with Gasteiger partial charge in [-0.15, -0.1) is 0 Å². The van der Waals surface area contributed by atoms with E-state index in [4.69, 9.17) is 15.8 Å². The van der Waals surface area contributed by atoms with Crippen LogP contribution in [0.4, 0.5) is 5.69 Å². The second kappa shape index (κ2) is 8.98. The molecule has 174 valence electrons. The highest BCUT2D eigenvalue weighted by Crippen LogP contribution is 2.36. The number of benzodiazepines with no additional fused rings is 1. The molecular weight excluding hydrogens is 472 g/mol. The Hall–Kier alpha value is -3.00. The summed E-state index contributed by atoms with van der Waals surface area (Å²) in [5.41, 5.74) is 3.40. The van der Waals surface area contributed by atoms with Gasteiger partial charge in [0.15, 0.2) is 0 Å². The number of nitrogens with zero attached hydrogens (tertiary/aromatic N) is 2. The van der Waals surface area contributed by atoms with Crippen molar-refractivity contribution in [3.8, 4) is 0 Å². The molecule has 1 atom stereocenters. The smallest absolute Gasteiger partial charge is 0.299 e. The molecule has 1 aliphatic heterocycles. The Bertz CT molecular complexity index is 1370. The molecule has 1 fully saturated rings. The summed E-state index contributed by atoms with van der Waals surface area (Å²) in [6.45, 7) is 2.33. The molecule has 1 saturated carbocycles. The fourth-order valence-electron chi connectivity index (χ4n) is 3.94. The number of aryl methyl sites for hydroxylation is 1. The minimum Gasteiger partial charge on any atom is -0.307 e. The van der Waals surface area contributed by atoms with Gasteiger partial charge in [0.2, 0.25) is 6.23 Å². The maximum atomic E-state index is 13.7. The summed E-state index contributed by atoms with van der Waals surface area (Å²) in [4.78, 5) is 19.8. The molecule has 3 aromatic rings. The zero-order valence-corrected chi connectivity index (χ0v) is 20.1. The summed E-state index contributed by atoms with van der Waals surface area (Å²) in [6, 6.07) is 20.9. The van der Waals surface area contributed by atoms with E-state index in [0.717, 1.165) is 24.0 Å². The molecule has 0 aromatic heterocycles. The zero-order chi connectivity index (χ0) is 23.9. The number of fused-ring (bicyclic) bond motifs is 1. The Balaban J connectivity index is 1.64. The molecule has 0 N–H and O–H groups in total. The summed E-state index contributed by atoms with van der Waals surface area (Å²) in [6.07, 6.45) is 0.477. The van der Waals surface area contributed by atoms with Crippen molar-refractivity contribution in [2.24, 2.45) is 10.9 Å². The first-order valence-corrected chi connectivity index (χ1v) is 12.8. The topological polar surface area (TPSA) is 76.0 Å². The minimum absolute atomic E-state index is 0.0269. The third-order valence-corrected chi connectivity index (χ3v) is 7.46. The second-order valence-corrected chi connectivity index (χ2v) is 10.6. The molecule has 0 saturated heterocycles. The quantitative estimate of drug-likeness (QED) is 0.453. The molecule has 34 heavy (non-hydrogen) atoms. The van der Waals surface area contributed by atoms with E-state index in [9.17, 15) is 13.2 Å². The van der Waals surface area contributed by atoms with Crippen LogP contribution in [0, 0.1) is 12.8 Å². The van der Waals surface area contributed by atoms with Crippen LogP contribution in [0.25, 0.3) is 0 Å². The number of hydrogen-bond acceptors (Lipinski definition) is 5. The van der Waals surface area contributed by atoms with Gasteiger partial charge in [-0.1, -0.05) is 59.6 Å². The number of anilines is 1. The van der Waals surface area contributed by atoms with Gasteiger partial charge in [-0.25, -0.2) is 9.18 Å². The van der Waals surface area contributed by atoms with E-state index >= 15 is 0 Å². The highest BCUT2D eigenvalue weighted by atomic mass is 35.5. The molecule has 0 spiro atoms. The van der Waals surface area contributed by atoms with Gasteiger partial charge in [-0.05, 0) is 56.0 Å². The van der Waals surface area contributed by atoms with Gasteiger partial charge in [0.1, 0.15) is 0 Å². The molecule has 3 aromatic carbocycles. The highest BCUT2D eigenvalue weighted by molar-refractivity contribution is 7.86.